The highest BCUT2D eigenvalue weighted by molar-refractivity contribution is 5.98. The van der Waals surface area contributed by atoms with Crippen LogP contribution in [0.25, 0.3) is 6.08 Å². The summed E-state index contributed by atoms with van der Waals surface area (Å²) in [5.41, 5.74) is 2.01. The Hall–Kier alpha value is -4.60. The molecular weight excluding hydrogens is 824 g/mol. The molecule has 0 aromatic heterocycles. The zero-order chi connectivity index (χ0) is 45.6. The number of carbonyl (C=O) groups excluding carboxylic acids is 4. The predicted octanol–water partition coefficient (Wildman–Crippen LogP) is 0.116. The molecule has 344 valence electrons. The van der Waals surface area contributed by atoms with Crippen LogP contribution in [0.4, 0.5) is 0 Å². The lowest BCUT2D eigenvalue weighted by atomic mass is 9.91. The van der Waals surface area contributed by atoms with E-state index in [9.17, 15) is 49.8 Å². The maximum absolute atomic E-state index is 14.0. The summed E-state index contributed by atoms with van der Waals surface area (Å²) in [5.74, 6) is -3.92. The van der Waals surface area contributed by atoms with Crippen LogP contribution in [0.15, 0.2) is 66.3 Å². The molecule has 6 rings (SSSR count). The van der Waals surface area contributed by atoms with Crippen molar-refractivity contribution in [2.45, 2.75) is 138 Å². The molecule has 2 aliphatic carbocycles. The van der Waals surface area contributed by atoms with E-state index in [4.69, 9.17) is 28.4 Å². The standard InChI is InChI=1S/C45H58N2O16/c1-24(50)35(41(56)46-29(22-48)15-16-34(51)62-44(2,3)4)47-40(55)28-18-31(39-32(19-28)61-45(63-39)20-26-11-5-6-12-27(26)21-45)59-42(57)30-14-8-7-10-25(30)13-9-17-58-43-38(54)37(53)36(52)33(23-49)60-43/h5-14,19,24,29,31-33,35-39,43,48-50,52-54H,15-18,20-23H2,1-4H3,(H,46,56)(H,47,55)/t24-,29-,31+,32+,33+,35+,36-,37-,38+,39-,43-/m0/s1. The van der Waals surface area contributed by atoms with Crippen LogP contribution in [0, 0.1) is 0 Å². The molecule has 8 N–H and O–H groups in total. The third-order valence-corrected chi connectivity index (χ3v) is 11.2. The number of rotatable bonds is 16. The number of fused-ring (bicyclic) bond motifs is 2. The van der Waals surface area contributed by atoms with E-state index < -0.39 is 116 Å². The van der Waals surface area contributed by atoms with Crippen molar-refractivity contribution in [3.63, 3.8) is 0 Å². The predicted molar refractivity (Wildman–Crippen MR) is 221 cm³/mol. The first-order valence-corrected chi connectivity index (χ1v) is 21.0. The number of nitrogens with one attached hydrogen (secondary N) is 2. The fourth-order valence-electron chi connectivity index (χ4n) is 8.05. The number of benzene rings is 2. The smallest absolute Gasteiger partial charge is 0.339 e. The molecular formula is C45H58N2O16. The van der Waals surface area contributed by atoms with Gasteiger partial charge in [-0.3, -0.25) is 14.4 Å². The summed E-state index contributed by atoms with van der Waals surface area (Å²) in [4.78, 5) is 53.8. The van der Waals surface area contributed by atoms with E-state index in [1.165, 1.54) is 13.0 Å². The van der Waals surface area contributed by atoms with Crippen molar-refractivity contribution in [1.82, 2.24) is 10.6 Å². The second kappa shape index (κ2) is 20.5. The Labute approximate surface area is 364 Å². The highest BCUT2D eigenvalue weighted by Crippen LogP contribution is 2.45. The second-order valence-corrected chi connectivity index (χ2v) is 17.3. The van der Waals surface area contributed by atoms with Crippen LogP contribution in [-0.2, 0) is 55.6 Å². The fraction of sp³-hybridized carbons (Fsp3) is 0.556. The van der Waals surface area contributed by atoms with Crippen LogP contribution in [-0.4, -0.2) is 153 Å². The van der Waals surface area contributed by atoms with Gasteiger partial charge < -0.3 is 69.7 Å². The van der Waals surface area contributed by atoms with Crippen LogP contribution in [0.3, 0.4) is 0 Å². The summed E-state index contributed by atoms with van der Waals surface area (Å²) < 4.78 is 35.6. The zero-order valence-corrected chi connectivity index (χ0v) is 35.6. The molecule has 2 fully saturated rings. The molecule has 0 saturated carbocycles. The average molecular weight is 883 g/mol. The van der Waals surface area contributed by atoms with Gasteiger partial charge in [-0.2, -0.15) is 0 Å². The molecule has 2 aromatic rings. The van der Waals surface area contributed by atoms with Gasteiger partial charge in [-0.15, -0.1) is 0 Å². The zero-order valence-electron chi connectivity index (χ0n) is 35.6. The first-order valence-electron chi connectivity index (χ1n) is 21.0. The number of esters is 2. The van der Waals surface area contributed by atoms with Crippen LogP contribution in [0.2, 0.25) is 0 Å². The summed E-state index contributed by atoms with van der Waals surface area (Å²) in [6, 6.07) is 12.0. The number of hydrogen-bond acceptors (Lipinski definition) is 16. The molecule has 4 aliphatic rings. The third-order valence-electron chi connectivity index (χ3n) is 11.2. The number of carbonyl (C=O) groups is 4. The quantitative estimate of drug-likeness (QED) is 0.104. The van der Waals surface area contributed by atoms with Crippen LogP contribution >= 0.6 is 0 Å². The molecule has 2 aliphatic heterocycles. The van der Waals surface area contributed by atoms with E-state index in [0.29, 0.717) is 18.4 Å². The first-order chi connectivity index (χ1) is 29.9. The summed E-state index contributed by atoms with van der Waals surface area (Å²) in [7, 11) is 0. The van der Waals surface area contributed by atoms with Gasteiger partial charge in [0.15, 0.2) is 12.1 Å². The van der Waals surface area contributed by atoms with Gasteiger partial charge in [0, 0.05) is 31.3 Å². The molecule has 63 heavy (non-hydrogen) atoms. The van der Waals surface area contributed by atoms with Gasteiger partial charge in [-0.25, -0.2) is 4.79 Å². The molecule has 18 nitrogen and oxygen atoms in total. The van der Waals surface area contributed by atoms with Gasteiger partial charge in [-0.1, -0.05) is 54.6 Å². The molecule has 2 heterocycles. The van der Waals surface area contributed by atoms with Crippen molar-refractivity contribution in [1.29, 1.82) is 0 Å². The van der Waals surface area contributed by atoms with Gasteiger partial charge in [0.05, 0.1) is 37.5 Å². The number of aliphatic hydroxyl groups excluding tert-OH is 6. The Balaban J connectivity index is 1.16. The topological polar surface area (TPSA) is 269 Å². The highest BCUT2D eigenvalue weighted by atomic mass is 16.8. The molecule has 11 atom stereocenters. The molecule has 2 amide bonds. The minimum absolute atomic E-state index is 0.0384. The van der Waals surface area contributed by atoms with Gasteiger partial charge >= 0.3 is 11.9 Å². The van der Waals surface area contributed by atoms with Gasteiger partial charge in [0.1, 0.15) is 54.4 Å². The highest BCUT2D eigenvalue weighted by Gasteiger charge is 2.55. The summed E-state index contributed by atoms with van der Waals surface area (Å²) in [5, 5.41) is 65.7. The van der Waals surface area contributed by atoms with Gasteiger partial charge in [-0.05, 0) is 62.9 Å². The van der Waals surface area contributed by atoms with Crippen LogP contribution in [0.5, 0.6) is 0 Å². The van der Waals surface area contributed by atoms with Crippen molar-refractivity contribution in [2.75, 3.05) is 19.8 Å². The molecule has 18 heteroatoms. The summed E-state index contributed by atoms with van der Waals surface area (Å²) >= 11 is 0. The minimum atomic E-state index is -1.61. The Morgan fingerprint density at radius 1 is 0.937 bits per heavy atom. The number of amides is 2. The second-order valence-electron chi connectivity index (χ2n) is 17.3. The molecule has 2 aromatic carbocycles. The van der Waals surface area contributed by atoms with Crippen molar-refractivity contribution in [3.8, 4) is 0 Å². The fourth-order valence-corrected chi connectivity index (χ4v) is 8.05. The maximum Gasteiger partial charge on any atom is 0.339 e. The lowest BCUT2D eigenvalue weighted by Gasteiger charge is -2.39. The normalized spacial score (nSPS) is 27.7. The molecule has 0 unspecified atom stereocenters. The molecule has 0 radical (unpaired) electrons. The number of hydrogen-bond donors (Lipinski definition) is 8. The minimum Gasteiger partial charge on any atom is -0.460 e. The summed E-state index contributed by atoms with van der Waals surface area (Å²) in [6.07, 6.45) is -6.09. The Morgan fingerprint density at radius 2 is 1.62 bits per heavy atom. The van der Waals surface area contributed by atoms with Crippen molar-refractivity contribution in [3.05, 3.63) is 88.5 Å². The molecule has 1 spiro atoms. The Morgan fingerprint density at radius 3 is 2.27 bits per heavy atom. The largest absolute Gasteiger partial charge is 0.460 e. The lowest BCUT2D eigenvalue weighted by molar-refractivity contribution is -0.298. The lowest BCUT2D eigenvalue weighted by Crippen LogP contribution is -2.59. The first kappa shape index (κ1) is 47.9. The van der Waals surface area contributed by atoms with Gasteiger partial charge in [0.25, 0.3) is 0 Å². The Kier molecular flexibility index (Phi) is 15.6. The Bertz CT molecular complexity index is 1990. The van der Waals surface area contributed by atoms with E-state index >= 15 is 0 Å². The molecule has 0 bridgehead atoms. The van der Waals surface area contributed by atoms with Crippen molar-refractivity contribution >= 4 is 29.8 Å². The van der Waals surface area contributed by atoms with E-state index in [-0.39, 0.29) is 37.0 Å². The van der Waals surface area contributed by atoms with E-state index in [1.54, 1.807) is 57.2 Å². The van der Waals surface area contributed by atoms with Gasteiger partial charge in [0.2, 0.25) is 11.8 Å². The monoisotopic (exact) mass is 882 g/mol. The van der Waals surface area contributed by atoms with Crippen LogP contribution in [0.1, 0.15) is 74.0 Å². The van der Waals surface area contributed by atoms with E-state index in [1.807, 2.05) is 24.3 Å². The number of aliphatic hydroxyl groups is 6. The SMILES string of the molecule is C[C@H](O)[C@@H](NC(=O)C1=C[C@H]2OC3(Cc4ccccc4C3)O[C@H]2[C@H](OC(=O)c2ccccc2C=CCO[C@H]2O[C@H](CO)[C@H](O)[C@H](O)[C@H]2O)C1)C(=O)N[C@H](CO)CCC(=O)OC(C)(C)C. The average Bonchev–Trinajstić information content (AvgIpc) is 3.79. The van der Waals surface area contributed by atoms with Crippen molar-refractivity contribution < 1.29 is 78.2 Å². The van der Waals surface area contributed by atoms with Crippen molar-refractivity contribution in [2.24, 2.45) is 0 Å². The van der Waals surface area contributed by atoms with E-state index in [2.05, 4.69) is 10.6 Å². The molecule has 2 saturated heterocycles. The van der Waals surface area contributed by atoms with E-state index in [0.717, 1.165) is 11.1 Å². The summed E-state index contributed by atoms with van der Waals surface area (Å²) in [6.45, 7) is 5.18. The van der Waals surface area contributed by atoms with Crippen LogP contribution < -0.4 is 10.6 Å². The number of ether oxygens (including phenoxy) is 6. The third kappa shape index (κ3) is 11.8. The maximum atomic E-state index is 14.0.